The molecule has 1 fully saturated rings. The largest absolute Gasteiger partial charge is 0.327 e. The number of aromatic nitrogens is 2. The lowest BCUT2D eigenvalue weighted by atomic mass is 10.0. The van der Waals surface area contributed by atoms with Gasteiger partial charge in [0.2, 0.25) is 5.91 Å². The van der Waals surface area contributed by atoms with Crippen LogP contribution in [0, 0.1) is 19.7 Å². The zero-order valence-electron chi connectivity index (χ0n) is 20.0. The topological polar surface area (TPSA) is 121 Å². The van der Waals surface area contributed by atoms with Crippen LogP contribution in [0.4, 0.5) is 10.1 Å². The van der Waals surface area contributed by atoms with Gasteiger partial charge in [-0.15, -0.1) is 0 Å². The highest BCUT2D eigenvalue weighted by Crippen LogP contribution is 2.22. The third-order valence-corrected chi connectivity index (χ3v) is 7.47. The number of hydrogen-bond donors (Lipinski definition) is 1. The molecule has 0 unspecified atom stereocenters. The van der Waals surface area contributed by atoms with Gasteiger partial charge in [-0.25, -0.2) is 17.9 Å². The molecule has 2 aromatic carbocycles. The van der Waals surface area contributed by atoms with E-state index in [1.807, 2.05) is 0 Å². The minimum Gasteiger partial charge on any atom is -0.327 e. The second-order valence-electron chi connectivity index (χ2n) is 8.78. The Morgan fingerprint density at radius 1 is 1.06 bits per heavy atom. The van der Waals surface area contributed by atoms with Crippen molar-refractivity contribution in [3.05, 3.63) is 86.6 Å². The van der Waals surface area contributed by atoms with E-state index >= 15 is 0 Å². The Balaban J connectivity index is 1.50. The molecule has 11 heteroatoms. The van der Waals surface area contributed by atoms with E-state index in [-0.39, 0.29) is 41.6 Å². The van der Waals surface area contributed by atoms with Crippen molar-refractivity contribution < 1.29 is 22.4 Å². The van der Waals surface area contributed by atoms with Crippen molar-refractivity contribution in [3.63, 3.8) is 0 Å². The number of nitrogens with one attached hydrogen (secondary N) is 1. The highest BCUT2D eigenvalue weighted by atomic mass is 32.2. The third-order valence-electron chi connectivity index (χ3n) is 6.35. The van der Waals surface area contributed by atoms with Crippen molar-refractivity contribution in [2.45, 2.75) is 25.2 Å². The molecule has 1 aliphatic rings. The van der Waals surface area contributed by atoms with Crippen LogP contribution in [0.5, 0.6) is 0 Å². The number of sulfone groups is 1. The summed E-state index contributed by atoms with van der Waals surface area (Å²) in [5.41, 5.74) is 2.61. The van der Waals surface area contributed by atoms with Gasteiger partial charge in [-0.2, -0.15) is 5.10 Å². The average molecular weight is 513 g/mol. The number of H-pyrrole nitrogens is 1. The maximum Gasteiger partial charge on any atom is 0.267 e. The second kappa shape index (κ2) is 9.65. The molecule has 0 bridgehead atoms. The zero-order valence-corrected chi connectivity index (χ0v) is 20.9. The summed E-state index contributed by atoms with van der Waals surface area (Å²) in [4.78, 5) is 40.5. The second-order valence-corrected chi connectivity index (χ2v) is 10.8. The lowest BCUT2D eigenvalue weighted by Gasteiger charge is -2.34. The van der Waals surface area contributed by atoms with Crippen LogP contribution in [-0.4, -0.2) is 61.2 Å². The highest BCUT2D eigenvalue weighted by Gasteiger charge is 2.30. The summed E-state index contributed by atoms with van der Waals surface area (Å²) < 4.78 is 38.0. The van der Waals surface area contributed by atoms with Gasteiger partial charge in [-0.1, -0.05) is 6.07 Å². The van der Waals surface area contributed by atoms with Crippen molar-refractivity contribution in [2.24, 2.45) is 0 Å². The maximum atomic E-state index is 14.6. The molecule has 2 amide bonds. The number of piperazine rings is 1. The first-order valence-electron chi connectivity index (χ1n) is 11.2. The summed E-state index contributed by atoms with van der Waals surface area (Å²) in [7, 11) is -3.36. The van der Waals surface area contributed by atoms with Crippen LogP contribution in [0.1, 0.15) is 32.7 Å². The molecule has 3 aromatic rings. The van der Waals surface area contributed by atoms with Gasteiger partial charge in [-0.3, -0.25) is 14.4 Å². The zero-order chi connectivity index (χ0) is 26.2. The Bertz CT molecular complexity index is 1520. The summed E-state index contributed by atoms with van der Waals surface area (Å²) in [5, 5.41) is 6.51. The molecule has 9 nitrogen and oxygen atoms in total. The number of amides is 2. The molecule has 0 atom stereocenters. The molecule has 1 aliphatic heterocycles. The fourth-order valence-corrected chi connectivity index (χ4v) is 4.68. The summed E-state index contributed by atoms with van der Waals surface area (Å²) >= 11 is 0. The standard InChI is InChI=1S/C25H25FN4O5S/c1-15-16(2)24(32)28-27-22(15)13-17-4-9-21(26)20(12-17)25(33)29-10-11-30(23(31)14-29)18-5-7-19(8-6-18)36(3,34)35/h4-9,12H,10-11,13-14H2,1-3H3,(H,28,32). The van der Waals surface area contributed by atoms with Crippen LogP contribution in [-0.2, 0) is 21.1 Å². The number of hydrogen-bond acceptors (Lipinski definition) is 6. The van der Waals surface area contributed by atoms with Crippen molar-refractivity contribution in [2.75, 3.05) is 30.8 Å². The van der Waals surface area contributed by atoms with Crippen LogP contribution >= 0.6 is 0 Å². The Hall–Kier alpha value is -3.86. The number of carbonyl (C=O) groups excluding carboxylic acids is 2. The number of halogens is 1. The predicted molar refractivity (Wildman–Crippen MR) is 131 cm³/mol. The van der Waals surface area contributed by atoms with E-state index in [1.165, 1.54) is 34.1 Å². The Kier molecular flexibility index (Phi) is 6.77. The molecule has 0 radical (unpaired) electrons. The summed E-state index contributed by atoms with van der Waals surface area (Å²) in [5.74, 6) is -1.66. The molecular formula is C25H25FN4O5S. The van der Waals surface area contributed by atoms with Gasteiger partial charge in [0.15, 0.2) is 9.84 Å². The van der Waals surface area contributed by atoms with Gasteiger partial charge in [0, 0.05) is 37.0 Å². The molecule has 36 heavy (non-hydrogen) atoms. The van der Waals surface area contributed by atoms with Gasteiger partial charge in [-0.05, 0) is 61.4 Å². The van der Waals surface area contributed by atoms with E-state index in [4.69, 9.17) is 0 Å². The SMILES string of the molecule is Cc1c(Cc2ccc(F)c(C(=O)N3CCN(c4ccc(S(C)(=O)=O)cc4)C(=O)C3)c2)n[nH]c(=O)c1C. The number of rotatable bonds is 5. The quantitative estimate of drug-likeness (QED) is 0.558. The average Bonchev–Trinajstić information content (AvgIpc) is 2.84. The van der Waals surface area contributed by atoms with Crippen molar-refractivity contribution >= 4 is 27.3 Å². The third kappa shape index (κ3) is 5.06. The van der Waals surface area contributed by atoms with E-state index in [0.717, 1.165) is 11.8 Å². The maximum absolute atomic E-state index is 14.6. The first-order valence-corrected chi connectivity index (χ1v) is 13.1. The molecule has 0 spiro atoms. The minimum absolute atomic E-state index is 0.144. The smallest absolute Gasteiger partial charge is 0.267 e. The summed E-state index contributed by atoms with van der Waals surface area (Å²) in [6.45, 7) is 3.60. The summed E-state index contributed by atoms with van der Waals surface area (Å²) in [6, 6.07) is 10.1. The van der Waals surface area contributed by atoms with Crippen molar-refractivity contribution in [3.8, 4) is 0 Å². The Morgan fingerprint density at radius 2 is 1.75 bits per heavy atom. The Labute approximate surface area is 207 Å². The van der Waals surface area contributed by atoms with Gasteiger partial charge in [0.1, 0.15) is 12.4 Å². The van der Waals surface area contributed by atoms with Crippen LogP contribution in [0.15, 0.2) is 52.2 Å². The molecule has 1 aromatic heterocycles. The number of carbonyl (C=O) groups is 2. The normalized spacial score (nSPS) is 14.3. The van der Waals surface area contributed by atoms with Crippen molar-refractivity contribution in [1.29, 1.82) is 0 Å². The van der Waals surface area contributed by atoms with Crippen molar-refractivity contribution in [1.82, 2.24) is 15.1 Å². The lowest BCUT2D eigenvalue weighted by molar-refractivity contribution is -0.120. The molecule has 4 rings (SSSR count). The van der Waals surface area contributed by atoms with Crippen LogP contribution in [0.25, 0.3) is 0 Å². The fraction of sp³-hybridized carbons (Fsp3) is 0.280. The molecule has 2 heterocycles. The molecular weight excluding hydrogens is 487 g/mol. The van der Waals surface area contributed by atoms with Gasteiger partial charge >= 0.3 is 0 Å². The van der Waals surface area contributed by atoms with Gasteiger partial charge < -0.3 is 9.80 Å². The van der Waals surface area contributed by atoms with E-state index < -0.39 is 21.6 Å². The van der Waals surface area contributed by atoms with E-state index in [0.29, 0.717) is 28.9 Å². The Morgan fingerprint density at radius 3 is 2.39 bits per heavy atom. The minimum atomic E-state index is -3.36. The molecule has 1 saturated heterocycles. The predicted octanol–water partition coefficient (Wildman–Crippen LogP) is 2.01. The molecule has 1 N–H and O–H groups in total. The first-order chi connectivity index (χ1) is 17.0. The fourth-order valence-electron chi connectivity index (χ4n) is 4.05. The lowest BCUT2D eigenvalue weighted by Crippen LogP contribution is -2.52. The van der Waals surface area contributed by atoms with Crippen LogP contribution < -0.4 is 10.5 Å². The monoisotopic (exact) mass is 512 g/mol. The number of nitrogens with zero attached hydrogens (tertiary/aromatic N) is 3. The van der Waals surface area contributed by atoms with Crippen LogP contribution in [0.3, 0.4) is 0 Å². The molecule has 0 saturated carbocycles. The van der Waals surface area contributed by atoms with E-state index in [9.17, 15) is 27.2 Å². The number of aromatic amines is 1. The molecule has 0 aliphatic carbocycles. The summed E-state index contributed by atoms with van der Waals surface area (Å²) in [6.07, 6.45) is 1.39. The van der Waals surface area contributed by atoms with Gasteiger partial charge in [0.05, 0.1) is 16.2 Å². The highest BCUT2D eigenvalue weighted by molar-refractivity contribution is 7.90. The molecule has 188 valence electrons. The number of anilines is 1. The van der Waals surface area contributed by atoms with Gasteiger partial charge in [0.25, 0.3) is 11.5 Å². The first kappa shape index (κ1) is 25.2. The van der Waals surface area contributed by atoms with Crippen LogP contribution in [0.2, 0.25) is 0 Å². The van der Waals surface area contributed by atoms with E-state index in [1.54, 1.807) is 32.0 Å². The van der Waals surface area contributed by atoms with E-state index in [2.05, 4.69) is 10.2 Å². The number of benzene rings is 2.